The third-order valence-corrected chi connectivity index (χ3v) is 2.77. The van der Waals surface area contributed by atoms with Gasteiger partial charge in [0.25, 0.3) is 0 Å². The van der Waals surface area contributed by atoms with Gasteiger partial charge in [-0.3, -0.25) is 4.79 Å². The van der Waals surface area contributed by atoms with E-state index >= 15 is 0 Å². The molecule has 1 aliphatic heterocycles. The van der Waals surface area contributed by atoms with E-state index in [0.29, 0.717) is 13.2 Å². The summed E-state index contributed by atoms with van der Waals surface area (Å²) in [4.78, 5) is 11.1. The first-order valence-corrected chi connectivity index (χ1v) is 4.51. The Labute approximate surface area is 75.0 Å². The first-order chi connectivity index (χ1) is 5.36. The van der Waals surface area contributed by atoms with E-state index in [1.807, 2.05) is 20.8 Å². The van der Waals surface area contributed by atoms with Gasteiger partial charge in [0.15, 0.2) is 11.3 Å². The SMILES string of the molecule is CC1(C)OCC(C)(C(=O)P)CO1. The minimum Gasteiger partial charge on any atom is -0.349 e. The molecule has 0 radical (unpaired) electrons. The molecule has 1 unspecified atom stereocenters. The largest absolute Gasteiger partial charge is 0.349 e. The van der Waals surface area contributed by atoms with E-state index in [9.17, 15) is 4.79 Å². The van der Waals surface area contributed by atoms with Crippen LogP contribution < -0.4 is 0 Å². The van der Waals surface area contributed by atoms with Gasteiger partial charge in [0.05, 0.1) is 18.6 Å². The highest BCUT2D eigenvalue weighted by Crippen LogP contribution is 2.31. The molecule has 4 heteroatoms. The topological polar surface area (TPSA) is 35.5 Å². The molecular formula is C8H15O3P. The maximum atomic E-state index is 11.1. The zero-order valence-electron chi connectivity index (χ0n) is 7.72. The zero-order chi connectivity index (χ0) is 9.41. The predicted octanol–water partition coefficient (Wildman–Crippen LogP) is 1.18. The van der Waals surface area contributed by atoms with Crippen LogP contribution in [0.4, 0.5) is 0 Å². The number of ether oxygens (including phenoxy) is 2. The molecular weight excluding hydrogens is 175 g/mol. The number of carbonyl (C=O) groups is 1. The minimum absolute atomic E-state index is 0.0398. The molecule has 1 heterocycles. The molecule has 1 fully saturated rings. The normalized spacial score (nSPS) is 26.7. The lowest BCUT2D eigenvalue weighted by Crippen LogP contribution is -2.47. The van der Waals surface area contributed by atoms with E-state index in [-0.39, 0.29) is 5.52 Å². The Hall–Kier alpha value is 0.0200. The first kappa shape index (κ1) is 10.1. The molecule has 0 aromatic heterocycles. The van der Waals surface area contributed by atoms with Crippen molar-refractivity contribution in [1.29, 1.82) is 0 Å². The van der Waals surface area contributed by atoms with Crippen molar-refractivity contribution in [3.8, 4) is 0 Å². The van der Waals surface area contributed by atoms with Gasteiger partial charge in [0.2, 0.25) is 0 Å². The molecule has 0 aliphatic carbocycles. The number of carbonyl (C=O) groups excluding carboxylic acids is 1. The molecule has 70 valence electrons. The summed E-state index contributed by atoms with van der Waals surface area (Å²) in [5.74, 6) is -0.542. The average Bonchev–Trinajstić information content (AvgIpc) is 1.96. The van der Waals surface area contributed by atoms with E-state index < -0.39 is 11.2 Å². The number of hydrogen-bond donors (Lipinski definition) is 0. The van der Waals surface area contributed by atoms with Crippen molar-refractivity contribution in [3.63, 3.8) is 0 Å². The molecule has 0 aromatic rings. The summed E-state index contributed by atoms with van der Waals surface area (Å²) in [6.45, 7) is 6.40. The molecule has 12 heavy (non-hydrogen) atoms. The van der Waals surface area contributed by atoms with Gasteiger partial charge < -0.3 is 9.47 Å². The number of hydrogen-bond acceptors (Lipinski definition) is 3. The Kier molecular flexibility index (Phi) is 2.57. The molecule has 1 rings (SSSR count). The smallest absolute Gasteiger partial charge is 0.162 e. The summed E-state index contributed by atoms with van der Waals surface area (Å²) < 4.78 is 10.8. The van der Waals surface area contributed by atoms with E-state index in [1.165, 1.54) is 0 Å². The van der Waals surface area contributed by atoms with Gasteiger partial charge in [0, 0.05) is 0 Å². The van der Waals surface area contributed by atoms with Crippen molar-refractivity contribution < 1.29 is 14.3 Å². The van der Waals surface area contributed by atoms with Crippen LogP contribution in [-0.4, -0.2) is 24.5 Å². The third kappa shape index (κ3) is 2.03. The highest BCUT2D eigenvalue weighted by atomic mass is 31.0. The molecule has 1 saturated heterocycles. The molecule has 1 atom stereocenters. The molecule has 0 saturated carbocycles. The van der Waals surface area contributed by atoms with Crippen LogP contribution in [0.3, 0.4) is 0 Å². The van der Waals surface area contributed by atoms with Crippen molar-refractivity contribution in [2.24, 2.45) is 5.41 Å². The molecule has 3 nitrogen and oxygen atoms in total. The van der Waals surface area contributed by atoms with Crippen molar-refractivity contribution in [2.75, 3.05) is 13.2 Å². The molecule has 0 aromatic carbocycles. The van der Waals surface area contributed by atoms with Crippen LogP contribution in [0.2, 0.25) is 0 Å². The summed E-state index contributed by atoms with van der Waals surface area (Å²) in [6.07, 6.45) is 0. The Morgan fingerprint density at radius 2 is 1.67 bits per heavy atom. The van der Waals surface area contributed by atoms with Crippen LogP contribution in [0.15, 0.2) is 0 Å². The highest BCUT2D eigenvalue weighted by Gasteiger charge is 2.39. The summed E-state index contributed by atoms with van der Waals surface area (Å²) in [6, 6.07) is 0. The summed E-state index contributed by atoms with van der Waals surface area (Å²) in [5.41, 5.74) is -0.446. The van der Waals surface area contributed by atoms with E-state index in [2.05, 4.69) is 9.24 Å². The van der Waals surface area contributed by atoms with Gasteiger partial charge in [-0.1, -0.05) is 9.24 Å². The summed E-state index contributed by atoms with van der Waals surface area (Å²) in [5, 5.41) is 0. The lowest BCUT2D eigenvalue weighted by Gasteiger charge is -2.39. The fourth-order valence-corrected chi connectivity index (χ4v) is 1.06. The second kappa shape index (κ2) is 3.06. The second-order valence-electron chi connectivity index (χ2n) is 3.90. The van der Waals surface area contributed by atoms with Gasteiger partial charge in [-0.25, -0.2) is 0 Å². The first-order valence-electron chi connectivity index (χ1n) is 3.94. The second-order valence-corrected chi connectivity index (χ2v) is 4.43. The molecule has 1 aliphatic rings. The zero-order valence-corrected chi connectivity index (χ0v) is 8.87. The maximum absolute atomic E-state index is 11.1. The predicted molar refractivity (Wildman–Crippen MR) is 48.8 cm³/mol. The Morgan fingerprint density at radius 1 is 1.25 bits per heavy atom. The molecule has 0 amide bonds. The molecule has 0 spiro atoms. The maximum Gasteiger partial charge on any atom is 0.162 e. The quantitative estimate of drug-likeness (QED) is 0.582. The average molecular weight is 190 g/mol. The van der Waals surface area contributed by atoms with Crippen LogP contribution >= 0.6 is 9.24 Å². The third-order valence-electron chi connectivity index (χ3n) is 2.07. The Morgan fingerprint density at radius 3 is 2.00 bits per heavy atom. The Balaban J connectivity index is 2.62. The van der Waals surface area contributed by atoms with Crippen LogP contribution in [-0.2, 0) is 14.3 Å². The van der Waals surface area contributed by atoms with Crippen molar-refractivity contribution in [3.05, 3.63) is 0 Å². The van der Waals surface area contributed by atoms with Crippen LogP contribution in [0.25, 0.3) is 0 Å². The highest BCUT2D eigenvalue weighted by molar-refractivity contribution is 7.40. The monoisotopic (exact) mass is 190 g/mol. The van der Waals surface area contributed by atoms with Gasteiger partial charge in [-0.15, -0.1) is 0 Å². The standard InChI is InChI=1S/C8H15O3P/c1-7(2)10-4-8(3,5-11-7)6(9)12/h4-5,12H2,1-3H3. The van der Waals surface area contributed by atoms with Gasteiger partial charge in [0.1, 0.15) is 0 Å². The molecule has 0 bridgehead atoms. The molecule has 0 N–H and O–H groups in total. The van der Waals surface area contributed by atoms with E-state index in [4.69, 9.17) is 9.47 Å². The van der Waals surface area contributed by atoms with Gasteiger partial charge in [-0.2, -0.15) is 0 Å². The summed E-state index contributed by atoms with van der Waals surface area (Å²) in [7, 11) is 2.18. The van der Waals surface area contributed by atoms with Crippen LogP contribution in [0, 0.1) is 5.41 Å². The fourth-order valence-electron chi connectivity index (χ4n) is 0.892. The fraction of sp³-hybridized carbons (Fsp3) is 0.875. The lowest BCUT2D eigenvalue weighted by atomic mass is 9.93. The van der Waals surface area contributed by atoms with E-state index in [0.717, 1.165) is 0 Å². The van der Waals surface area contributed by atoms with Gasteiger partial charge >= 0.3 is 0 Å². The lowest BCUT2D eigenvalue weighted by molar-refractivity contribution is -0.275. The van der Waals surface area contributed by atoms with E-state index in [1.54, 1.807) is 0 Å². The van der Waals surface area contributed by atoms with Crippen molar-refractivity contribution >= 4 is 14.8 Å². The van der Waals surface area contributed by atoms with Crippen LogP contribution in [0.5, 0.6) is 0 Å². The van der Waals surface area contributed by atoms with Crippen LogP contribution in [0.1, 0.15) is 20.8 Å². The minimum atomic E-state index is -0.542. The van der Waals surface area contributed by atoms with Crippen molar-refractivity contribution in [2.45, 2.75) is 26.6 Å². The van der Waals surface area contributed by atoms with Crippen molar-refractivity contribution in [1.82, 2.24) is 0 Å². The number of rotatable bonds is 1. The summed E-state index contributed by atoms with van der Waals surface area (Å²) >= 11 is 0. The van der Waals surface area contributed by atoms with Gasteiger partial charge in [-0.05, 0) is 20.8 Å². The Bertz CT molecular complexity index is 190.